The fourth-order valence-corrected chi connectivity index (χ4v) is 2.46. The fourth-order valence-electron chi connectivity index (χ4n) is 2.46. The van der Waals surface area contributed by atoms with Crippen LogP contribution in [0.2, 0.25) is 0 Å². The molecule has 2 rings (SSSR count). The van der Waals surface area contributed by atoms with Crippen LogP contribution in [-0.2, 0) is 6.42 Å². The van der Waals surface area contributed by atoms with Gasteiger partial charge in [0.05, 0.1) is 0 Å². The van der Waals surface area contributed by atoms with Crippen molar-refractivity contribution in [1.29, 1.82) is 0 Å². The largest absolute Gasteiger partial charge is 0.508 e. The number of phenolic OH excluding ortho intramolecular Hbond substituents is 1. The molecule has 1 aromatic rings. The van der Waals surface area contributed by atoms with Crippen molar-refractivity contribution in [3.8, 4) is 5.75 Å². The normalized spacial score (nSPS) is 19.2. The molecule has 2 N–H and O–H groups in total. The van der Waals surface area contributed by atoms with Crippen LogP contribution < -0.4 is 5.32 Å². The lowest BCUT2D eigenvalue weighted by Crippen LogP contribution is -2.45. The van der Waals surface area contributed by atoms with Gasteiger partial charge in [-0.05, 0) is 42.9 Å². The number of hydrogen-bond donors (Lipinski definition) is 2. The highest BCUT2D eigenvalue weighted by Crippen LogP contribution is 2.15. The highest BCUT2D eigenvalue weighted by molar-refractivity contribution is 5.74. The van der Waals surface area contributed by atoms with Crippen LogP contribution in [-0.4, -0.2) is 35.7 Å². The Balaban J connectivity index is 1.73. The first-order valence-electron chi connectivity index (χ1n) is 6.96. The van der Waals surface area contributed by atoms with Gasteiger partial charge in [-0.15, -0.1) is 0 Å². The van der Waals surface area contributed by atoms with Gasteiger partial charge < -0.3 is 15.3 Å². The van der Waals surface area contributed by atoms with Gasteiger partial charge in [0.2, 0.25) is 0 Å². The Hall–Kier alpha value is -1.71. The monoisotopic (exact) mass is 262 g/mol. The Morgan fingerprint density at radius 3 is 2.84 bits per heavy atom. The van der Waals surface area contributed by atoms with Gasteiger partial charge >= 0.3 is 6.03 Å². The summed E-state index contributed by atoms with van der Waals surface area (Å²) in [5.41, 5.74) is 1.12. The smallest absolute Gasteiger partial charge is 0.317 e. The number of urea groups is 1. The van der Waals surface area contributed by atoms with Crippen molar-refractivity contribution in [2.45, 2.75) is 26.2 Å². The molecule has 1 heterocycles. The third-order valence-corrected chi connectivity index (χ3v) is 3.57. The van der Waals surface area contributed by atoms with Crippen LogP contribution >= 0.6 is 0 Å². The first-order chi connectivity index (χ1) is 9.15. The lowest BCUT2D eigenvalue weighted by atomic mass is 10.0. The quantitative estimate of drug-likeness (QED) is 0.878. The van der Waals surface area contributed by atoms with Crippen molar-refractivity contribution in [2.75, 3.05) is 19.6 Å². The minimum absolute atomic E-state index is 0.0466. The van der Waals surface area contributed by atoms with E-state index in [4.69, 9.17) is 0 Å². The molecule has 1 atom stereocenters. The minimum atomic E-state index is 0.0466. The maximum absolute atomic E-state index is 12.0. The number of carbonyl (C=O) groups is 1. The second-order valence-corrected chi connectivity index (χ2v) is 5.34. The topological polar surface area (TPSA) is 52.6 Å². The van der Waals surface area contributed by atoms with Gasteiger partial charge in [-0.25, -0.2) is 4.79 Å². The molecule has 0 aliphatic carbocycles. The predicted octanol–water partition coefficient (Wildman–Crippen LogP) is 2.38. The number of benzene rings is 1. The van der Waals surface area contributed by atoms with Gasteiger partial charge in [0.1, 0.15) is 5.75 Å². The number of piperidine rings is 1. The second-order valence-electron chi connectivity index (χ2n) is 5.34. The number of carbonyl (C=O) groups excluding carboxylic acids is 1. The lowest BCUT2D eigenvalue weighted by Gasteiger charge is -2.30. The molecule has 19 heavy (non-hydrogen) atoms. The Morgan fingerprint density at radius 2 is 2.16 bits per heavy atom. The van der Waals surface area contributed by atoms with Crippen LogP contribution in [0.4, 0.5) is 4.79 Å². The summed E-state index contributed by atoms with van der Waals surface area (Å²) < 4.78 is 0. The number of hydrogen-bond acceptors (Lipinski definition) is 2. The molecule has 1 fully saturated rings. The zero-order chi connectivity index (χ0) is 13.7. The molecule has 1 saturated heterocycles. The summed E-state index contributed by atoms with van der Waals surface area (Å²) in [6.07, 6.45) is 3.11. The average Bonchev–Trinajstić information content (AvgIpc) is 2.41. The van der Waals surface area contributed by atoms with Crippen molar-refractivity contribution < 1.29 is 9.90 Å². The number of rotatable bonds is 3. The van der Waals surface area contributed by atoms with Gasteiger partial charge in [-0.3, -0.25) is 0 Å². The van der Waals surface area contributed by atoms with Gasteiger partial charge in [0.15, 0.2) is 0 Å². The zero-order valence-electron chi connectivity index (χ0n) is 11.4. The van der Waals surface area contributed by atoms with Crippen molar-refractivity contribution >= 4 is 6.03 Å². The molecule has 4 nitrogen and oxygen atoms in total. The number of amides is 2. The molecule has 104 valence electrons. The van der Waals surface area contributed by atoms with Crippen LogP contribution in [0.25, 0.3) is 0 Å². The lowest BCUT2D eigenvalue weighted by molar-refractivity contribution is 0.170. The Morgan fingerprint density at radius 1 is 1.42 bits per heavy atom. The van der Waals surface area contributed by atoms with Crippen LogP contribution in [0.1, 0.15) is 25.3 Å². The van der Waals surface area contributed by atoms with Gasteiger partial charge in [0.25, 0.3) is 0 Å². The molecular formula is C15H22N2O2. The van der Waals surface area contributed by atoms with E-state index in [2.05, 4.69) is 12.2 Å². The molecule has 1 unspecified atom stereocenters. The molecule has 0 bridgehead atoms. The van der Waals surface area contributed by atoms with E-state index in [1.807, 2.05) is 17.0 Å². The minimum Gasteiger partial charge on any atom is -0.508 e. The maximum atomic E-state index is 12.0. The Labute approximate surface area is 114 Å². The van der Waals surface area contributed by atoms with Gasteiger partial charge in [-0.1, -0.05) is 19.1 Å². The molecule has 2 amide bonds. The number of aromatic hydroxyl groups is 1. The van der Waals surface area contributed by atoms with Crippen LogP contribution in [0.15, 0.2) is 24.3 Å². The van der Waals surface area contributed by atoms with E-state index in [9.17, 15) is 9.90 Å². The summed E-state index contributed by atoms with van der Waals surface area (Å²) in [5, 5.41) is 12.1. The predicted molar refractivity (Wildman–Crippen MR) is 75.2 cm³/mol. The number of likely N-dealkylation sites (tertiary alicyclic amines) is 1. The Kier molecular flexibility index (Phi) is 4.66. The Bertz CT molecular complexity index is 417. The van der Waals surface area contributed by atoms with E-state index >= 15 is 0 Å². The molecule has 0 radical (unpaired) electrons. The second kappa shape index (κ2) is 6.45. The van der Waals surface area contributed by atoms with E-state index in [-0.39, 0.29) is 11.8 Å². The molecule has 1 aliphatic heterocycles. The fraction of sp³-hybridized carbons (Fsp3) is 0.533. The third-order valence-electron chi connectivity index (χ3n) is 3.57. The van der Waals surface area contributed by atoms with E-state index in [0.717, 1.165) is 31.5 Å². The summed E-state index contributed by atoms with van der Waals surface area (Å²) >= 11 is 0. The maximum Gasteiger partial charge on any atom is 0.317 e. The van der Waals surface area contributed by atoms with Crippen molar-refractivity contribution in [3.05, 3.63) is 29.8 Å². The summed E-state index contributed by atoms with van der Waals surface area (Å²) in [4.78, 5) is 13.9. The van der Waals surface area contributed by atoms with Crippen molar-refractivity contribution in [3.63, 3.8) is 0 Å². The zero-order valence-corrected chi connectivity index (χ0v) is 11.4. The molecule has 1 aromatic carbocycles. The van der Waals surface area contributed by atoms with Crippen molar-refractivity contribution in [1.82, 2.24) is 10.2 Å². The molecule has 0 saturated carbocycles. The van der Waals surface area contributed by atoms with Crippen molar-refractivity contribution in [2.24, 2.45) is 5.92 Å². The summed E-state index contributed by atoms with van der Waals surface area (Å²) in [7, 11) is 0. The van der Waals surface area contributed by atoms with Crippen LogP contribution in [0, 0.1) is 5.92 Å². The van der Waals surface area contributed by atoms with E-state index < -0.39 is 0 Å². The first kappa shape index (κ1) is 13.7. The molecule has 0 aromatic heterocycles. The van der Waals surface area contributed by atoms with Gasteiger partial charge in [0, 0.05) is 19.6 Å². The van der Waals surface area contributed by atoms with Crippen LogP contribution in [0.5, 0.6) is 5.75 Å². The third kappa shape index (κ3) is 4.16. The standard InChI is InChI=1S/C15H22N2O2/c1-12-3-2-10-17(11-12)15(19)16-9-8-13-4-6-14(18)7-5-13/h4-7,12,18H,2-3,8-11H2,1H3,(H,16,19). The summed E-state index contributed by atoms with van der Waals surface area (Å²) in [6, 6.07) is 7.15. The van der Waals surface area contributed by atoms with Crippen LogP contribution in [0.3, 0.4) is 0 Å². The van der Waals surface area contributed by atoms with Gasteiger partial charge in [-0.2, -0.15) is 0 Å². The number of nitrogens with one attached hydrogen (secondary N) is 1. The average molecular weight is 262 g/mol. The highest BCUT2D eigenvalue weighted by atomic mass is 16.3. The number of nitrogens with zero attached hydrogens (tertiary/aromatic N) is 1. The van der Waals surface area contributed by atoms with E-state index in [0.29, 0.717) is 12.5 Å². The first-order valence-corrected chi connectivity index (χ1v) is 6.96. The molecular weight excluding hydrogens is 240 g/mol. The van der Waals surface area contributed by atoms with E-state index in [1.165, 1.54) is 6.42 Å². The SMILES string of the molecule is CC1CCCN(C(=O)NCCc2ccc(O)cc2)C1. The summed E-state index contributed by atoms with van der Waals surface area (Å²) in [6.45, 7) is 4.56. The van der Waals surface area contributed by atoms with E-state index in [1.54, 1.807) is 12.1 Å². The highest BCUT2D eigenvalue weighted by Gasteiger charge is 2.20. The molecule has 1 aliphatic rings. The molecule has 4 heteroatoms. The number of phenols is 1. The molecule has 0 spiro atoms. The summed E-state index contributed by atoms with van der Waals surface area (Å²) in [5.74, 6) is 0.881.